The summed E-state index contributed by atoms with van der Waals surface area (Å²) in [5.41, 5.74) is 1.54. The summed E-state index contributed by atoms with van der Waals surface area (Å²) in [6.45, 7) is 0.835. The van der Waals surface area contributed by atoms with Crippen LogP contribution in [0.15, 0.2) is 47.2 Å². The fourth-order valence-corrected chi connectivity index (χ4v) is 3.86. The fraction of sp³-hybridized carbons (Fsp3) is 0.304. The van der Waals surface area contributed by atoms with Crippen LogP contribution in [0.1, 0.15) is 37.4 Å². The normalized spacial score (nSPS) is 13.4. The number of anilines is 1. The van der Waals surface area contributed by atoms with Gasteiger partial charge in [-0.05, 0) is 43.2 Å². The van der Waals surface area contributed by atoms with Crippen LogP contribution < -0.4 is 5.32 Å². The summed E-state index contributed by atoms with van der Waals surface area (Å²) in [5.74, 6) is 1.50. The lowest BCUT2D eigenvalue weighted by molar-refractivity contribution is -0.116. The predicted octanol–water partition coefficient (Wildman–Crippen LogP) is 3.83. The Morgan fingerprint density at radius 2 is 2.09 bits per heavy atom. The molecule has 5 rings (SSSR count). The van der Waals surface area contributed by atoms with Crippen LogP contribution in [-0.2, 0) is 24.2 Å². The molecule has 0 saturated carbocycles. The first kappa shape index (κ1) is 20.9. The first-order valence-electron chi connectivity index (χ1n) is 10.9. The molecule has 0 fully saturated rings. The molecule has 4 heterocycles. The van der Waals surface area contributed by atoms with Crippen LogP contribution in [0.4, 0.5) is 10.1 Å². The maximum absolute atomic E-state index is 14.4. The second-order valence-corrected chi connectivity index (χ2v) is 7.90. The van der Waals surface area contributed by atoms with Gasteiger partial charge in [-0.15, -0.1) is 10.2 Å². The number of hydrogen-bond donors (Lipinski definition) is 1. The molecule has 0 unspecified atom stereocenters. The Morgan fingerprint density at radius 1 is 1.15 bits per heavy atom. The van der Waals surface area contributed by atoms with Gasteiger partial charge >= 0.3 is 0 Å². The molecule has 168 valence electrons. The van der Waals surface area contributed by atoms with E-state index in [2.05, 4.69) is 35.2 Å². The highest BCUT2D eigenvalue weighted by Crippen LogP contribution is 2.27. The molecule has 0 spiro atoms. The SMILES string of the molecule is O=C(CCc1nc(-c2cccnc2)no1)Nc1cc(-c2nnc3n2CCCCC3)ccc1F. The summed E-state index contributed by atoms with van der Waals surface area (Å²) in [6, 6.07) is 8.19. The molecular formula is C23H22FN7O2. The number of rotatable bonds is 6. The molecular weight excluding hydrogens is 425 g/mol. The maximum atomic E-state index is 14.4. The van der Waals surface area contributed by atoms with E-state index in [9.17, 15) is 9.18 Å². The van der Waals surface area contributed by atoms with Crippen molar-refractivity contribution in [2.24, 2.45) is 0 Å². The number of nitrogens with zero attached hydrogens (tertiary/aromatic N) is 6. The fourth-order valence-electron chi connectivity index (χ4n) is 3.86. The number of halogens is 1. The van der Waals surface area contributed by atoms with Crippen LogP contribution in [0.25, 0.3) is 22.8 Å². The van der Waals surface area contributed by atoms with Crippen molar-refractivity contribution in [3.63, 3.8) is 0 Å². The molecule has 1 aliphatic heterocycles. The number of amides is 1. The van der Waals surface area contributed by atoms with Gasteiger partial charge in [0.05, 0.1) is 5.69 Å². The van der Waals surface area contributed by atoms with Crippen LogP contribution in [0.3, 0.4) is 0 Å². The second-order valence-electron chi connectivity index (χ2n) is 7.90. The van der Waals surface area contributed by atoms with E-state index in [4.69, 9.17) is 4.52 Å². The third-order valence-corrected chi connectivity index (χ3v) is 5.56. The van der Waals surface area contributed by atoms with Gasteiger partial charge in [-0.2, -0.15) is 4.98 Å². The molecule has 1 N–H and O–H groups in total. The van der Waals surface area contributed by atoms with Crippen molar-refractivity contribution < 1.29 is 13.7 Å². The summed E-state index contributed by atoms with van der Waals surface area (Å²) in [5, 5.41) is 15.2. The van der Waals surface area contributed by atoms with Crippen LogP contribution in [-0.4, -0.2) is 35.8 Å². The van der Waals surface area contributed by atoms with Gasteiger partial charge in [0.1, 0.15) is 11.6 Å². The lowest BCUT2D eigenvalue weighted by Crippen LogP contribution is -2.14. The molecule has 10 heteroatoms. The van der Waals surface area contributed by atoms with E-state index in [0.29, 0.717) is 23.1 Å². The Kier molecular flexibility index (Phi) is 5.88. The number of carbonyl (C=O) groups excluding carboxylic acids is 1. The molecule has 1 aromatic carbocycles. The van der Waals surface area contributed by atoms with Gasteiger partial charge in [-0.1, -0.05) is 11.6 Å². The number of carbonyl (C=O) groups is 1. The smallest absolute Gasteiger partial charge is 0.227 e. The first-order valence-corrected chi connectivity index (χ1v) is 10.9. The van der Waals surface area contributed by atoms with Crippen molar-refractivity contribution in [3.05, 3.63) is 60.3 Å². The molecule has 1 amide bonds. The largest absolute Gasteiger partial charge is 0.339 e. The van der Waals surface area contributed by atoms with E-state index in [1.807, 2.05) is 6.07 Å². The van der Waals surface area contributed by atoms with Gasteiger partial charge < -0.3 is 14.4 Å². The van der Waals surface area contributed by atoms with Gasteiger partial charge in [0, 0.05) is 49.3 Å². The average molecular weight is 447 g/mol. The lowest BCUT2D eigenvalue weighted by Gasteiger charge is -2.10. The van der Waals surface area contributed by atoms with Crippen LogP contribution >= 0.6 is 0 Å². The molecule has 0 atom stereocenters. The molecule has 3 aromatic heterocycles. The Labute approximate surface area is 189 Å². The van der Waals surface area contributed by atoms with E-state index in [-0.39, 0.29) is 24.4 Å². The van der Waals surface area contributed by atoms with Gasteiger partial charge in [-0.3, -0.25) is 9.78 Å². The van der Waals surface area contributed by atoms with Crippen molar-refractivity contribution in [2.45, 2.75) is 45.1 Å². The highest BCUT2D eigenvalue weighted by Gasteiger charge is 2.18. The summed E-state index contributed by atoms with van der Waals surface area (Å²) in [4.78, 5) is 20.8. The Hall–Kier alpha value is -3.95. The van der Waals surface area contributed by atoms with E-state index in [1.165, 1.54) is 6.07 Å². The zero-order valence-corrected chi connectivity index (χ0v) is 17.9. The quantitative estimate of drug-likeness (QED) is 0.478. The molecule has 0 saturated heterocycles. The van der Waals surface area contributed by atoms with Crippen molar-refractivity contribution >= 4 is 11.6 Å². The summed E-state index contributed by atoms with van der Waals surface area (Å²) in [6.07, 6.45) is 7.77. The molecule has 33 heavy (non-hydrogen) atoms. The zero-order valence-electron chi connectivity index (χ0n) is 17.9. The number of nitrogens with one attached hydrogen (secondary N) is 1. The van der Waals surface area contributed by atoms with Gasteiger partial charge in [-0.25, -0.2) is 4.39 Å². The van der Waals surface area contributed by atoms with Gasteiger partial charge in [0.2, 0.25) is 17.6 Å². The lowest BCUT2D eigenvalue weighted by atomic mass is 10.1. The maximum Gasteiger partial charge on any atom is 0.227 e. The van der Waals surface area contributed by atoms with Crippen LogP contribution in [0.2, 0.25) is 0 Å². The number of aromatic nitrogens is 6. The Morgan fingerprint density at radius 3 is 2.97 bits per heavy atom. The standard InChI is InChI=1S/C23H22FN7O2/c24-17-8-7-15(23-29-28-19-6-2-1-3-12-31(19)23)13-18(17)26-20(32)9-10-21-27-22(30-33-21)16-5-4-11-25-14-16/h4-5,7-8,11,13-14H,1-3,6,9-10,12H2,(H,26,32). The predicted molar refractivity (Wildman–Crippen MR) is 117 cm³/mol. The number of pyridine rings is 1. The molecule has 1 aliphatic rings. The molecule has 9 nitrogen and oxygen atoms in total. The topological polar surface area (TPSA) is 112 Å². The van der Waals surface area contributed by atoms with E-state index < -0.39 is 5.82 Å². The summed E-state index contributed by atoms with van der Waals surface area (Å²) in [7, 11) is 0. The molecule has 4 aromatic rings. The average Bonchev–Trinajstić information content (AvgIpc) is 3.41. The highest BCUT2D eigenvalue weighted by atomic mass is 19.1. The minimum atomic E-state index is -0.514. The third kappa shape index (κ3) is 4.64. The number of fused-ring (bicyclic) bond motifs is 1. The van der Waals surface area contributed by atoms with Crippen LogP contribution in [0.5, 0.6) is 0 Å². The first-order chi connectivity index (χ1) is 16.2. The molecule has 0 bridgehead atoms. The van der Waals surface area contributed by atoms with Crippen molar-refractivity contribution in [3.8, 4) is 22.8 Å². The van der Waals surface area contributed by atoms with Crippen LogP contribution in [0, 0.1) is 5.82 Å². The van der Waals surface area contributed by atoms with E-state index in [0.717, 1.165) is 43.6 Å². The van der Waals surface area contributed by atoms with Gasteiger partial charge in [0.25, 0.3) is 0 Å². The second kappa shape index (κ2) is 9.27. The Balaban J connectivity index is 1.26. The number of aryl methyl sites for hydroxylation is 2. The van der Waals surface area contributed by atoms with Crippen molar-refractivity contribution in [1.82, 2.24) is 29.9 Å². The molecule has 0 radical (unpaired) electrons. The minimum absolute atomic E-state index is 0.0681. The van der Waals surface area contributed by atoms with E-state index in [1.54, 1.807) is 30.6 Å². The van der Waals surface area contributed by atoms with E-state index >= 15 is 0 Å². The van der Waals surface area contributed by atoms with Crippen molar-refractivity contribution in [2.75, 3.05) is 5.32 Å². The summed E-state index contributed by atoms with van der Waals surface area (Å²) < 4.78 is 21.7. The van der Waals surface area contributed by atoms with Gasteiger partial charge in [0.15, 0.2) is 5.82 Å². The monoisotopic (exact) mass is 447 g/mol. The van der Waals surface area contributed by atoms with Crippen molar-refractivity contribution in [1.29, 1.82) is 0 Å². The number of benzene rings is 1. The minimum Gasteiger partial charge on any atom is -0.339 e. The summed E-state index contributed by atoms with van der Waals surface area (Å²) >= 11 is 0. The zero-order chi connectivity index (χ0) is 22.6. The Bertz CT molecular complexity index is 1270. The third-order valence-electron chi connectivity index (χ3n) is 5.56. The molecule has 0 aliphatic carbocycles. The highest BCUT2D eigenvalue weighted by molar-refractivity contribution is 5.91. The number of hydrogen-bond acceptors (Lipinski definition) is 7.